The monoisotopic (exact) mass is 288 g/mol. The normalized spacial score (nSPS) is 13.4. The van der Waals surface area contributed by atoms with Crippen molar-refractivity contribution in [2.45, 2.75) is 52.0 Å². The second-order valence-corrected chi connectivity index (χ2v) is 6.49. The Labute approximate surface area is 125 Å². The summed E-state index contributed by atoms with van der Waals surface area (Å²) in [5.74, 6) is 0.883. The Hall–Kier alpha value is -1.88. The van der Waals surface area contributed by atoms with Crippen LogP contribution in [-0.4, -0.2) is 21.9 Å². The SMILES string of the molecule is CCC(N)CC(=O)Nc1ccc2nc(C(C)(C)C)[nH]c2c1. The quantitative estimate of drug-likeness (QED) is 0.808. The van der Waals surface area contributed by atoms with E-state index >= 15 is 0 Å². The molecule has 0 aliphatic carbocycles. The Morgan fingerprint density at radius 3 is 2.76 bits per heavy atom. The van der Waals surface area contributed by atoms with Crippen molar-refractivity contribution in [3.05, 3.63) is 24.0 Å². The van der Waals surface area contributed by atoms with Crippen LogP contribution in [0.15, 0.2) is 18.2 Å². The van der Waals surface area contributed by atoms with E-state index in [-0.39, 0.29) is 17.4 Å². The molecule has 0 fully saturated rings. The Morgan fingerprint density at radius 1 is 1.43 bits per heavy atom. The summed E-state index contributed by atoms with van der Waals surface area (Å²) < 4.78 is 0. The van der Waals surface area contributed by atoms with Crippen LogP contribution >= 0.6 is 0 Å². The van der Waals surface area contributed by atoms with Gasteiger partial charge in [-0.15, -0.1) is 0 Å². The zero-order valence-electron chi connectivity index (χ0n) is 13.2. The first-order valence-electron chi connectivity index (χ1n) is 7.35. The van der Waals surface area contributed by atoms with Crippen LogP contribution in [0.25, 0.3) is 11.0 Å². The number of rotatable bonds is 4. The van der Waals surface area contributed by atoms with Gasteiger partial charge in [-0.25, -0.2) is 4.98 Å². The molecule has 21 heavy (non-hydrogen) atoms. The molecule has 0 bridgehead atoms. The molecule has 2 rings (SSSR count). The second-order valence-electron chi connectivity index (χ2n) is 6.49. The van der Waals surface area contributed by atoms with Gasteiger partial charge < -0.3 is 16.0 Å². The van der Waals surface area contributed by atoms with Crippen LogP contribution in [0.2, 0.25) is 0 Å². The lowest BCUT2D eigenvalue weighted by molar-refractivity contribution is -0.116. The van der Waals surface area contributed by atoms with Gasteiger partial charge in [-0.2, -0.15) is 0 Å². The Balaban J connectivity index is 2.17. The smallest absolute Gasteiger partial charge is 0.225 e. The van der Waals surface area contributed by atoms with Crippen LogP contribution in [0.4, 0.5) is 5.69 Å². The van der Waals surface area contributed by atoms with Crippen molar-refractivity contribution in [1.29, 1.82) is 0 Å². The van der Waals surface area contributed by atoms with Crippen molar-refractivity contribution in [2.75, 3.05) is 5.32 Å². The number of imidazole rings is 1. The maximum atomic E-state index is 11.9. The highest BCUT2D eigenvalue weighted by Gasteiger charge is 2.18. The van der Waals surface area contributed by atoms with Crippen LogP contribution in [0.3, 0.4) is 0 Å². The lowest BCUT2D eigenvalue weighted by atomic mass is 9.96. The zero-order valence-corrected chi connectivity index (χ0v) is 13.2. The van der Waals surface area contributed by atoms with E-state index in [1.54, 1.807) is 0 Å². The highest BCUT2D eigenvalue weighted by Crippen LogP contribution is 2.24. The fourth-order valence-corrected chi connectivity index (χ4v) is 2.04. The van der Waals surface area contributed by atoms with Crippen LogP contribution < -0.4 is 11.1 Å². The number of anilines is 1. The lowest BCUT2D eigenvalue weighted by Gasteiger charge is -2.13. The van der Waals surface area contributed by atoms with E-state index in [9.17, 15) is 4.79 Å². The van der Waals surface area contributed by atoms with Crippen molar-refractivity contribution in [3.8, 4) is 0 Å². The lowest BCUT2D eigenvalue weighted by Crippen LogP contribution is -2.26. The van der Waals surface area contributed by atoms with Gasteiger partial charge in [-0.3, -0.25) is 4.79 Å². The molecule has 0 saturated carbocycles. The molecule has 1 heterocycles. The van der Waals surface area contributed by atoms with Crippen molar-refractivity contribution in [1.82, 2.24) is 9.97 Å². The first kappa shape index (κ1) is 15.5. The molecule has 114 valence electrons. The largest absolute Gasteiger partial charge is 0.341 e. The maximum Gasteiger partial charge on any atom is 0.225 e. The molecule has 4 N–H and O–H groups in total. The molecule has 1 aromatic carbocycles. The van der Waals surface area contributed by atoms with Gasteiger partial charge in [0.1, 0.15) is 5.82 Å². The van der Waals surface area contributed by atoms with E-state index in [0.717, 1.165) is 29.0 Å². The number of carbonyl (C=O) groups is 1. The molecule has 1 unspecified atom stereocenters. The number of nitrogens with one attached hydrogen (secondary N) is 2. The second kappa shape index (κ2) is 5.85. The number of H-pyrrole nitrogens is 1. The molecular weight excluding hydrogens is 264 g/mol. The van der Waals surface area contributed by atoms with Gasteiger partial charge in [0.2, 0.25) is 5.91 Å². The summed E-state index contributed by atoms with van der Waals surface area (Å²) >= 11 is 0. The van der Waals surface area contributed by atoms with Gasteiger partial charge in [-0.1, -0.05) is 27.7 Å². The molecule has 1 amide bonds. The Bertz CT molecular complexity index is 639. The highest BCUT2D eigenvalue weighted by molar-refractivity contribution is 5.93. The number of hydrogen-bond acceptors (Lipinski definition) is 3. The topological polar surface area (TPSA) is 83.8 Å². The third-order valence-electron chi connectivity index (χ3n) is 3.45. The van der Waals surface area contributed by atoms with E-state index in [0.29, 0.717) is 6.42 Å². The van der Waals surface area contributed by atoms with E-state index < -0.39 is 0 Å². The summed E-state index contributed by atoms with van der Waals surface area (Å²) in [6.07, 6.45) is 1.13. The third kappa shape index (κ3) is 3.82. The van der Waals surface area contributed by atoms with Gasteiger partial charge in [0, 0.05) is 23.6 Å². The summed E-state index contributed by atoms with van der Waals surface area (Å²) in [7, 11) is 0. The number of fused-ring (bicyclic) bond motifs is 1. The van der Waals surface area contributed by atoms with Gasteiger partial charge in [0.25, 0.3) is 0 Å². The van der Waals surface area contributed by atoms with Gasteiger partial charge in [0.05, 0.1) is 11.0 Å². The molecule has 0 saturated heterocycles. The highest BCUT2D eigenvalue weighted by atomic mass is 16.1. The average molecular weight is 288 g/mol. The van der Waals surface area contributed by atoms with Crippen molar-refractivity contribution in [2.24, 2.45) is 5.73 Å². The van der Waals surface area contributed by atoms with E-state index in [1.165, 1.54) is 0 Å². The number of aromatic nitrogens is 2. The molecule has 5 nitrogen and oxygen atoms in total. The standard InChI is InChI=1S/C16H24N4O/c1-5-10(17)8-14(21)18-11-6-7-12-13(9-11)20-15(19-12)16(2,3)4/h6-7,9-10H,5,8,17H2,1-4H3,(H,18,21)(H,19,20). The number of nitrogens with two attached hydrogens (primary N) is 1. The van der Waals surface area contributed by atoms with Crippen molar-refractivity contribution in [3.63, 3.8) is 0 Å². The minimum absolute atomic E-state index is 0.0314. The molecule has 0 spiro atoms. The summed E-state index contributed by atoms with van der Waals surface area (Å²) in [4.78, 5) is 19.8. The minimum atomic E-state index is -0.0895. The number of carbonyl (C=O) groups excluding carboxylic acids is 1. The molecule has 0 aliphatic rings. The molecule has 1 atom stereocenters. The number of amides is 1. The van der Waals surface area contributed by atoms with Crippen LogP contribution in [-0.2, 0) is 10.2 Å². The molecule has 1 aromatic heterocycles. The third-order valence-corrected chi connectivity index (χ3v) is 3.45. The number of nitrogens with zero attached hydrogens (tertiary/aromatic N) is 1. The average Bonchev–Trinajstić information content (AvgIpc) is 2.81. The van der Waals surface area contributed by atoms with Crippen LogP contribution in [0.1, 0.15) is 46.4 Å². The molecule has 0 radical (unpaired) electrons. The van der Waals surface area contributed by atoms with Gasteiger partial charge in [0.15, 0.2) is 0 Å². The summed E-state index contributed by atoms with van der Waals surface area (Å²) in [6.45, 7) is 8.31. The Kier molecular flexibility index (Phi) is 4.32. The fourth-order valence-electron chi connectivity index (χ4n) is 2.04. The summed E-state index contributed by atoms with van der Waals surface area (Å²) in [5.41, 5.74) is 8.36. The van der Waals surface area contributed by atoms with Crippen LogP contribution in [0, 0.1) is 0 Å². The van der Waals surface area contributed by atoms with E-state index in [1.807, 2.05) is 25.1 Å². The number of hydrogen-bond donors (Lipinski definition) is 3. The summed E-state index contributed by atoms with van der Waals surface area (Å²) in [6, 6.07) is 5.60. The van der Waals surface area contributed by atoms with Crippen molar-refractivity contribution >= 4 is 22.6 Å². The number of aromatic amines is 1. The predicted molar refractivity (Wildman–Crippen MR) is 86.3 cm³/mol. The van der Waals surface area contributed by atoms with Crippen LogP contribution in [0.5, 0.6) is 0 Å². The first-order valence-corrected chi connectivity index (χ1v) is 7.35. The molecule has 5 heteroatoms. The first-order chi connectivity index (χ1) is 9.79. The minimum Gasteiger partial charge on any atom is -0.341 e. The zero-order chi connectivity index (χ0) is 15.6. The molecular formula is C16H24N4O. The maximum absolute atomic E-state index is 11.9. The van der Waals surface area contributed by atoms with E-state index in [4.69, 9.17) is 5.73 Å². The summed E-state index contributed by atoms with van der Waals surface area (Å²) in [5, 5.41) is 2.88. The van der Waals surface area contributed by atoms with E-state index in [2.05, 4.69) is 36.1 Å². The van der Waals surface area contributed by atoms with Gasteiger partial charge >= 0.3 is 0 Å². The number of benzene rings is 1. The fraction of sp³-hybridized carbons (Fsp3) is 0.500. The Morgan fingerprint density at radius 2 is 2.14 bits per heavy atom. The molecule has 0 aliphatic heterocycles. The molecule has 2 aromatic rings. The van der Waals surface area contributed by atoms with Gasteiger partial charge in [-0.05, 0) is 24.6 Å². The predicted octanol–water partition coefficient (Wildman–Crippen LogP) is 2.93. The van der Waals surface area contributed by atoms with Crippen molar-refractivity contribution < 1.29 is 4.79 Å².